The molecule has 3 rings (SSSR count). The van der Waals surface area contributed by atoms with E-state index in [4.69, 9.17) is 4.74 Å². The van der Waals surface area contributed by atoms with E-state index in [1.807, 2.05) is 51.1 Å². The molecule has 1 aliphatic heterocycles. The number of rotatable bonds is 2. The van der Waals surface area contributed by atoms with E-state index in [0.29, 0.717) is 31.5 Å². The summed E-state index contributed by atoms with van der Waals surface area (Å²) in [5, 5.41) is 0.972. The molecule has 1 aromatic heterocycles. The molecular weight excluding hydrogens is 316 g/mol. The highest BCUT2D eigenvalue weighted by atomic mass is 16.6. The number of para-hydroxylation sites is 1. The number of piperidine rings is 1. The van der Waals surface area contributed by atoms with Crippen LogP contribution in [0.15, 0.2) is 36.5 Å². The minimum absolute atomic E-state index is 0.0775. The lowest BCUT2D eigenvalue weighted by atomic mass is 9.88. The highest BCUT2D eigenvalue weighted by Crippen LogP contribution is 2.26. The van der Waals surface area contributed by atoms with Crippen molar-refractivity contribution in [2.24, 2.45) is 5.92 Å². The first-order valence-corrected chi connectivity index (χ1v) is 8.71. The number of Topliss-reactive ketones (excluding diaryl/α,β-unsaturated/α-hetero) is 1. The van der Waals surface area contributed by atoms with Crippen LogP contribution in [0.4, 0.5) is 4.79 Å². The van der Waals surface area contributed by atoms with Gasteiger partial charge in [-0.3, -0.25) is 9.78 Å². The normalized spacial score (nSPS) is 16.0. The number of fused-ring (bicyclic) bond motifs is 1. The summed E-state index contributed by atoms with van der Waals surface area (Å²) in [6.45, 7) is 6.66. The van der Waals surface area contributed by atoms with Crippen molar-refractivity contribution >= 4 is 22.8 Å². The molecule has 1 fully saturated rings. The van der Waals surface area contributed by atoms with Gasteiger partial charge in [0.05, 0.1) is 5.52 Å². The van der Waals surface area contributed by atoms with E-state index < -0.39 is 5.60 Å². The van der Waals surface area contributed by atoms with Gasteiger partial charge in [0.2, 0.25) is 0 Å². The van der Waals surface area contributed by atoms with Gasteiger partial charge in [-0.05, 0) is 45.7 Å². The van der Waals surface area contributed by atoms with Gasteiger partial charge in [-0.15, -0.1) is 0 Å². The molecule has 25 heavy (non-hydrogen) atoms. The largest absolute Gasteiger partial charge is 0.444 e. The van der Waals surface area contributed by atoms with Gasteiger partial charge in [0.1, 0.15) is 5.60 Å². The van der Waals surface area contributed by atoms with Crippen LogP contribution in [0.1, 0.15) is 44.0 Å². The average Bonchev–Trinajstić information content (AvgIpc) is 2.59. The summed E-state index contributed by atoms with van der Waals surface area (Å²) in [5.41, 5.74) is 0.927. The number of pyridine rings is 1. The Morgan fingerprint density at radius 1 is 1.12 bits per heavy atom. The number of likely N-dealkylation sites (tertiary alicyclic amines) is 1. The molecule has 0 radical (unpaired) electrons. The van der Waals surface area contributed by atoms with Crippen molar-refractivity contribution in [3.8, 4) is 0 Å². The zero-order valence-corrected chi connectivity index (χ0v) is 15.0. The molecule has 0 bridgehead atoms. The molecule has 0 N–H and O–H groups in total. The molecule has 1 aliphatic rings. The predicted molar refractivity (Wildman–Crippen MR) is 96.6 cm³/mol. The van der Waals surface area contributed by atoms with Crippen molar-refractivity contribution in [1.29, 1.82) is 0 Å². The Kier molecular flexibility index (Phi) is 4.75. The fourth-order valence-corrected chi connectivity index (χ4v) is 3.17. The van der Waals surface area contributed by atoms with Crippen molar-refractivity contribution in [3.63, 3.8) is 0 Å². The van der Waals surface area contributed by atoms with Gasteiger partial charge >= 0.3 is 6.09 Å². The number of carbonyl (C=O) groups is 2. The maximum absolute atomic E-state index is 12.9. The first-order valence-electron chi connectivity index (χ1n) is 8.71. The Morgan fingerprint density at radius 3 is 2.48 bits per heavy atom. The molecule has 1 saturated heterocycles. The van der Waals surface area contributed by atoms with Gasteiger partial charge in [-0.2, -0.15) is 0 Å². The average molecular weight is 340 g/mol. The lowest BCUT2D eigenvalue weighted by Gasteiger charge is -2.33. The van der Waals surface area contributed by atoms with Gasteiger partial charge in [-0.1, -0.05) is 18.2 Å². The standard InChI is InChI=1S/C20H24N2O3/c1-20(2,3)25-19(24)22-12-9-15(10-13-22)18(23)16-8-4-6-14-7-5-11-21-17(14)16/h4-8,11,15H,9-10,12-13H2,1-3H3. The summed E-state index contributed by atoms with van der Waals surface area (Å²) in [4.78, 5) is 31.2. The lowest BCUT2D eigenvalue weighted by Crippen LogP contribution is -2.43. The Bertz CT molecular complexity index is 782. The van der Waals surface area contributed by atoms with E-state index >= 15 is 0 Å². The van der Waals surface area contributed by atoms with Crippen molar-refractivity contribution in [2.45, 2.75) is 39.2 Å². The summed E-state index contributed by atoms with van der Waals surface area (Å²) >= 11 is 0. The van der Waals surface area contributed by atoms with Crippen LogP contribution in [0, 0.1) is 5.92 Å². The molecule has 5 heteroatoms. The fraction of sp³-hybridized carbons (Fsp3) is 0.450. The van der Waals surface area contributed by atoms with Gasteiger partial charge in [0.15, 0.2) is 5.78 Å². The quantitative estimate of drug-likeness (QED) is 0.773. The molecule has 5 nitrogen and oxygen atoms in total. The van der Waals surface area contributed by atoms with E-state index in [1.165, 1.54) is 0 Å². The second-order valence-electron chi connectivity index (χ2n) is 7.49. The first kappa shape index (κ1) is 17.4. The van der Waals surface area contributed by atoms with Crippen molar-refractivity contribution in [2.75, 3.05) is 13.1 Å². The monoisotopic (exact) mass is 340 g/mol. The number of ketones is 1. The van der Waals surface area contributed by atoms with E-state index in [9.17, 15) is 9.59 Å². The highest BCUT2D eigenvalue weighted by molar-refractivity contribution is 6.07. The van der Waals surface area contributed by atoms with Crippen LogP contribution in [0.25, 0.3) is 10.9 Å². The molecule has 0 saturated carbocycles. The second kappa shape index (κ2) is 6.82. The predicted octanol–water partition coefficient (Wildman–Crippen LogP) is 4.06. The molecule has 0 unspecified atom stereocenters. The molecule has 0 atom stereocenters. The third-order valence-corrected chi connectivity index (χ3v) is 4.42. The molecule has 1 aromatic carbocycles. The van der Waals surface area contributed by atoms with Crippen LogP contribution in [0.5, 0.6) is 0 Å². The Morgan fingerprint density at radius 2 is 1.80 bits per heavy atom. The maximum atomic E-state index is 12.9. The van der Waals surface area contributed by atoms with E-state index in [2.05, 4.69) is 4.98 Å². The third kappa shape index (κ3) is 3.98. The van der Waals surface area contributed by atoms with Gasteiger partial charge < -0.3 is 9.64 Å². The van der Waals surface area contributed by atoms with Crippen LogP contribution in [-0.4, -0.2) is 40.5 Å². The molecule has 2 aromatic rings. The van der Waals surface area contributed by atoms with Gasteiger partial charge in [0, 0.05) is 36.2 Å². The first-order chi connectivity index (χ1) is 11.8. The van der Waals surface area contributed by atoms with Crippen molar-refractivity contribution < 1.29 is 14.3 Å². The zero-order chi connectivity index (χ0) is 18.0. The van der Waals surface area contributed by atoms with Crippen molar-refractivity contribution in [1.82, 2.24) is 9.88 Å². The van der Waals surface area contributed by atoms with Crippen molar-refractivity contribution in [3.05, 3.63) is 42.1 Å². The van der Waals surface area contributed by atoms with Gasteiger partial charge in [-0.25, -0.2) is 4.79 Å². The van der Waals surface area contributed by atoms with E-state index in [-0.39, 0.29) is 17.8 Å². The highest BCUT2D eigenvalue weighted by Gasteiger charge is 2.30. The smallest absolute Gasteiger partial charge is 0.410 e. The number of aromatic nitrogens is 1. The number of ether oxygens (including phenoxy) is 1. The fourth-order valence-electron chi connectivity index (χ4n) is 3.17. The lowest BCUT2D eigenvalue weighted by molar-refractivity contribution is 0.0182. The number of nitrogens with zero attached hydrogens (tertiary/aromatic N) is 2. The van der Waals surface area contributed by atoms with Crippen LogP contribution < -0.4 is 0 Å². The summed E-state index contributed by atoms with van der Waals surface area (Å²) in [6, 6.07) is 9.54. The minimum atomic E-state index is -0.502. The molecule has 0 spiro atoms. The second-order valence-corrected chi connectivity index (χ2v) is 7.49. The number of hydrogen-bond acceptors (Lipinski definition) is 4. The summed E-state index contributed by atoms with van der Waals surface area (Å²) in [5.74, 6) is 0.0411. The number of hydrogen-bond donors (Lipinski definition) is 0. The molecule has 2 heterocycles. The zero-order valence-electron chi connectivity index (χ0n) is 15.0. The molecule has 0 aliphatic carbocycles. The van der Waals surface area contributed by atoms with E-state index in [0.717, 1.165) is 10.9 Å². The van der Waals surface area contributed by atoms with E-state index in [1.54, 1.807) is 11.1 Å². The number of carbonyl (C=O) groups excluding carboxylic acids is 2. The van der Waals surface area contributed by atoms with Crippen LogP contribution in [0.3, 0.4) is 0 Å². The Labute approximate surface area is 148 Å². The topological polar surface area (TPSA) is 59.5 Å². The Balaban J connectivity index is 1.68. The summed E-state index contributed by atoms with van der Waals surface area (Å²) in [6.07, 6.45) is 2.72. The van der Waals surface area contributed by atoms with Crippen LogP contribution >= 0.6 is 0 Å². The number of amides is 1. The summed E-state index contributed by atoms with van der Waals surface area (Å²) in [7, 11) is 0. The molecule has 1 amide bonds. The molecular formula is C20H24N2O3. The van der Waals surface area contributed by atoms with Crippen LogP contribution in [-0.2, 0) is 4.74 Å². The van der Waals surface area contributed by atoms with Crippen LogP contribution in [0.2, 0.25) is 0 Å². The third-order valence-electron chi connectivity index (χ3n) is 4.42. The molecule has 132 valence electrons. The summed E-state index contributed by atoms with van der Waals surface area (Å²) < 4.78 is 5.41. The van der Waals surface area contributed by atoms with Gasteiger partial charge in [0.25, 0.3) is 0 Å². The maximum Gasteiger partial charge on any atom is 0.410 e. The minimum Gasteiger partial charge on any atom is -0.444 e. The SMILES string of the molecule is CC(C)(C)OC(=O)N1CCC(C(=O)c2cccc3cccnc23)CC1. The number of benzene rings is 1. The Hall–Kier alpha value is -2.43.